The molecule has 0 saturated carbocycles. The fourth-order valence-electron chi connectivity index (χ4n) is 1.63. The standard InChI is InChI=1S/C14H14N/c15-14(13-9-5-2-6-10-13)11-12-7-3-1-4-8-12/h1-3,5-10,14H,11,15H2. The van der Waals surface area contributed by atoms with Gasteiger partial charge in [0.2, 0.25) is 0 Å². The molecule has 1 atom stereocenters. The predicted molar refractivity (Wildman–Crippen MR) is 62.4 cm³/mol. The summed E-state index contributed by atoms with van der Waals surface area (Å²) >= 11 is 0. The van der Waals surface area contributed by atoms with Crippen LogP contribution in [-0.2, 0) is 6.42 Å². The maximum Gasteiger partial charge on any atom is 0.0335 e. The fourth-order valence-corrected chi connectivity index (χ4v) is 1.63. The van der Waals surface area contributed by atoms with Crippen LogP contribution in [0.2, 0.25) is 0 Å². The summed E-state index contributed by atoms with van der Waals surface area (Å²) in [4.78, 5) is 0. The topological polar surface area (TPSA) is 26.0 Å². The van der Waals surface area contributed by atoms with Gasteiger partial charge in [-0.05, 0) is 23.6 Å². The minimum Gasteiger partial charge on any atom is -0.324 e. The van der Waals surface area contributed by atoms with E-state index in [2.05, 4.69) is 24.3 Å². The van der Waals surface area contributed by atoms with Crippen molar-refractivity contribution in [2.24, 2.45) is 5.73 Å². The highest BCUT2D eigenvalue weighted by Crippen LogP contribution is 2.14. The smallest absolute Gasteiger partial charge is 0.0335 e. The largest absolute Gasteiger partial charge is 0.324 e. The first-order valence-electron chi connectivity index (χ1n) is 5.12. The highest BCUT2D eigenvalue weighted by atomic mass is 14.6. The van der Waals surface area contributed by atoms with E-state index in [0.29, 0.717) is 0 Å². The Kier molecular flexibility index (Phi) is 3.15. The minimum absolute atomic E-state index is 0.0713. The lowest BCUT2D eigenvalue weighted by atomic mass is 10.00. The number of benzene rings is 2. The van der Waals surface area contributed by atoms with Crippen molar-refractivity contribution >= 4 is 0 Å². The molecule has 2 N–H and O–H groups in total. The summed E-state index contributed by atoms with van der Waals surface area (Å²) in [6.07, 6.45) is 0.862. The van der Waals surface area contributed by atoms with Crippen molar-refractivity contribution in [3.8, 4) is 0 Å². The fraction of sp³-hybridized carbons (Fsp3) is 0.143. The molecule has 0 aliphatic heterocycles. The first-order chi connectivity index (χ1) is 7.36. The van der Waals surface area contributed by atoms with E-state index in [1.807, 2.05) is 36.4 Å². The van der Waals surface area contributed by atoms with E-state index in [-0.39, 0.29) is 6.04 Å². The molecule has 0 aromatic heterocycles. The van der Waals surface area contributed by atoms with Crippen molar-refractivity contribution in [2.75, 3.05) is 0 Å². The lowest BCUT2D eigenvalue weighted by Crippen LogP contribution is -2.12. The number of rotatable bonds is 3. The Labute approximate surface area is 90.6 Å². The zero-order valence-corrected chi connectivity index (χ0v) is 8.56. The Morgan fingerprint density at radius 3 is 2.53 bits per heavy atom. The summed E-state index contributed by atoms with van der Waals surface area (Å²) in [5, 5.41) is 0. The molecule has 0 aliphatic rings. The van der Waals surface area contributed by atoms with E-state index in [1.165, 1.54) is 11.1 Å². The number of hydrogen-bond donors (Lipinski definition) is 1. The van der Waals surface area contributed by atoms with E-state index in [9.17, 15) is 0 Å². The minimum atomic E-state index is 0.0713. The molecular weight excluding hydrogens is 182 g/mol. The van der Waals surface area contributed by atoms with Gasteiger partial charge in [-0.15, -0.1) is 0 Å². The third-order valence-corrected chi connectivity index (χ3v) is 2.45. The highest BCUT2D eigenvalue weighted by Gasteiger charge is 2.05. The Bertz CT molecular complexity index is 394. The molecular formula is C14H14N. The molecule has 1 heteroatoms. The van der Waals surface area contributed by atoms with E-state index in [0.717, 1.165) is 6.42 Å². The lowest BCUT2D eigenvalue weighted by Gasteiger charge is -2.11. The van der Waals surface area contributed by atoms with Gasteiger partial charge in [-0.2, -0.15) is 0 Å². The van der Waals surface area contributed by atoms with Gasteiger partial charge in [0.05, 0.1) is 0 Å². The van der Waals surface area contributed by atoms with Crippen LogP contribution in [0.3, 0.4) is 0 Å². The molecule has 0 aliphatic carbocycles. The van der Waals surface area contributed by atoms with Gasteiger partial charge in [-0.25, -0.2) is 0 Å². The van der Waals surface area contributed by atoms with Crippen LogP contribution in [0.25, 0.3) is 0 Å². The third-order valence-electron chi connectivity index (χ3n) is 2.45. The van der Waals surface area contributed by atoms with E-state index < -0.39 is 0 Å². The normalized spacial score (nSPS) is 12.3. The van der Waals surface area contributed by atoms with Gasteiger partial charge in [-0.1, -0.05) is 54.6 Å². The molecule has 0 bridgehead atoms. The molecule has 1 radical (unpaired) electrons. The van der Waals surface area contributed by atoms with Crippen molar-refractivity contribution in [2.45, 2.75) is 12.5 Å². The van der Waals surface area contributed by atoms with Crippen LogP contribution in [0.15, 0.2) is 54.6 Å². The molecule has 0 saturated heterocycles. The van der Waals surface area contributed by atoms with Crippen LogP contribution >= 0.6 is 0 Å². The second kappa shape index (κ2) is 4.76. The Balaban J connectivity index is 2.08. The third kappa shape index (κ3) is 2.67. The van der Waals surface area contributed by atoms with Crippen molar-refractivity contribution < 1.29 is 0 Å². The summed E-state index contributed by atoms with van der Waals surface area (Å²) in [5.41, 5.74) is 8.53. The van der Waals surface area contributed by atoms with Gasteiger partial charge in [0, 0.05) is 6.04 Å². The maximum absolute atomic E-state index is 6.11. The second-order valence-electron chi connectivity index (χ2n) is 3.63. The summed E-state index contributed by atoms with van der Waals surface area (Å²) in [5.74, 6) is 0. The van der Waals surface area contributed by atoms with E-state index in [4.69, 9.17) is 5.73 Å². The molecule has 75 valence electrons. The second-order valence-corrected chi connectivity index (χ2v) is 3.63. The van der Waals surface area contributed by atoms with Crippen LogP contribution in [0, 0.1) is 6.07 Å². The van der Waals surface area contributed by atoms with Crippen LogP contribution in [0.1, 0.15) is 17.2 Å². The first kappa shape index (κ1) is 9.94. The molecule has 15 heavy (non-hydrogen) atoms. The van der Waals surface area contributed by atoms with Gasteiger partial charge in [0.25, 0.3) is 0 Å². The van der Waals surface area contributed by atoms with Crippen molar-refractivity contribution in [3.63, 3.8) is 0 Å². The van der Waals surface area contributed by atoms with Crippen LogP contribution in [0.4, 0.5) is 0 Å². The SMILES string of the molecule is NC(Cc1c[c]ccc1)c1ccccc1. The summed E-state index contributed by atoms with van der Waals surface area (Å²) in [6, 6.07) is 21.3. The molecule has 1 unspecified atom stereocenters. The van der Waals surface area contributed by atoms with Crippen LogP contribution in [0.5, 0.6) is 0 Å². The lowest BCUT2D eigenvalue weighted by molar-refractivity contribution is 0.722. The molecule has 1 nitrogen and oxygen atoms in total. The maximum atomic E-state index is 6.11. The zero-order valence-electron chi connectivity index (χ0n) is 8.56. The zero-order chi connectivity index (χ0) is 10.5. The quantitative estimate of drug-likeness (QED) is 0.802. The molecule has 2 aromatic carbocycles. The summed E-state index contributed by atoms with van der Waals surface area (Å²) in [7, 11) is 0. The predicted octanol–water partition coefficient (Wildman–Crippen LogP) is 2.73. The van der Waals surface area contributed by atoms with Crippen molar-refractivity contribution in [3.05, 3.63) is 71.8 Å². The van der Waals surface area contributed by atoms with Crippen molar-refractivity contribution in [1.29, 1.82) is 0 Å². The Morgan fingerprint density at radius 1 is 1.07 bits per heavy atom. The van der Waals surface area contributed by atoms with E-state index >= 15 is 0 Å². The van der Waals surface area contributed by atoms with Gasteiger partial charge in [-0.3, -0.25) is 0 Å². The summed E-state index contributed by atoms with van der Waals surface area (Å²) in [6.45, 7) is 0. The molecule has 2 rings (SSSR count). The number of hydrogen-bond acceptors (Lipinski definition) is 1. The van der Waals surface area contributed by atoms with Crippen LogP contribution < -0.4 is 5.73 Å². The molecule has 0 heterocycles. The average Bonchev–Trinajstić information content (AvgIpc) is 2.31. The summed E-state index contributed by atoms with van der Waals surface area (Å²) < 4.78 is 0. The number of nitrogens with two attached hydrogens (primary N) is 1. The van der Waals surface area contributed by atoms with Crippen molar-refractivity contribution in [1.82, 2.24) is 0 Å². The Hall–Kier alpha value is -1.60. The van der Waals surface area contributed by atoms with Crippen LogP contribution in [-0.4, -0.2) is 0 Å². The van der Waals surface area contributed by atoms with Gasteiger partial charge in [0.15, 0.2) is 0 Å². The van der Waals surface area contributed by atoms with Gasteiger partial charge < -0.3 is 5.73 Å². The van der Waals surface area contributed by atoms with Gasteiger partial charge >= 0.3 is 0 Å². The molecule has 0 amide bonds. The Morgan fingerprint density at radius 2 is 1.87 bits per heavy atom. The first-order valence-corrected chi connectivity index (χ1v) is 5.12. The monoisotopic (exact) mass is 196 g/mol. The highest BCUT2D eigenvalue weighted by molar-refractivity contribution is 5.22. The van der Waals surface area contributed by atoms with E-state index in [1.54, 1.807) is 0 Å². The molecule has 0 fully saturated rings. The van der Waals surface area contributed by atoms with Gasteiger partial charge in [0.1, 0.15) is 0 Å². The molecule has 0 spiro atoms. The molecule has 2 aromatic rings. The average molecular weight is 196 g/mol.